The zero-order chi connectivity index (χ0) is 10.9. The third-order valence-corrected chi connectivity index (χ3v) is 0.697. The molecule has 0 fully saturated rings. The van der Waals surface area contributed by atoms with Gasteiger partial charge in [0.2, 0.25) is 0 Å². The number of carbonyl (C=O) groups is 2. The Balaban J connectivity index is 0. The van der Waals surface area contributed by atoms with Crippen LogP contribution in [0.5, 0.6) is 0 Å². The first-order valence-electron chi connectivity index (χ1n) is 3.21. The SMILES string of the molecule is C=C(C)C(=O)O.C=CC(=O)OOC. The van der Waals surface area contributed by atoms with Crippen LogP contribution in [0.2, 0.25) is 0 Å². The van der Waals surface area contributed by atoms with E-state index in [1.54, 1.807) is 0 Å². The Bertz CT molecular complexity index is 195. The Hall–Kier alpha value is -1.62. The molecule has 0 aromatic carbocycles. The quantitative estimate of drug-likeness (QED) is 0.405. The van der Waals surface area contributed by atoms with Gasteiger partial charge >= 0.3 is 11.9 Å². The summed E-state index contributed by atoms with van der Waals surface area (Å²) in [4.78, 5) is 27.5. The molecule has 0 aliphatic heterocycles. The van der Waals surface area contributed by atoms with Crippen LogP contribution in [0.3, 0.4) is 0 Å². The second kappa shape index (κ2) is 8.48. The maximum absolute atomic E-state index is 9.95. The Morgan fingerprint density at radius 3 is 1.92 bits per heavy atom. The summed E-state index contributed by atoms with van der Waals surface area (Å²) < 4.78 is 0. The van der Waals surface area contributed by atoms with Crippen LogP contribution in [-0.4, -0.2) is 24.2 Å². The Kier molecular flexibility index (Phi) is 9.09. The van der Waals surface area contributed by atoms with Crippen molar-refractivity contribution in [2.45, 2.75) is 6.92 Å². The van der Waals surface area contributed by atoms with E-state index < -0.39 is 11.9 Å². The average molecular weight is 188 g/mol. The fraction of sp³-hybridized carbons (Fsp3) is 0.250. The van der Waals surface area contributed by atoms with Crippen LogP contribution >= 0.6 is 0 Å². The molecule has 0 heterocycles. The topological polar surface area (TPSA) is 72.8 Å². The van der Waals surface area contributed by atoms with Crippen LogP contribution in [-0.2, 0) is 19.4 Å². The number of rotatable bonds is 3. The number of carboxylic acids is 1. The number of carboxylic acid groups (broad SMARTS) is 1. The van der Waals surface area contributed by atoms with Crippen molar-refractivity contribution in [3.8, 4) is 0 Å². The molecule has 0 radical (unpaired) electrons. The highest BCUT2D eigenvalue weighted by Gasteiger charge is 1.90. The van der Waals surface area contributed by atoms with Gasteiger partial charge in [-0.05, 0) is 6.92 Å². The molecule has 0 amide bonds. The molecule has 0 aromatic rings. The predicted molar refractivity (Wildman–Crippen MR) is 45.7 cm³/mol. The smallest absolute Gasteiger partial charge is 0.365 e. The minimum Gasteiger partial charge on any atom is -0.478 e. The van der Waals surface area contributed by atoms with Crippen LogP contribution in [0.25, 0.3) is 0 Å². The van der Waals surface area contributed by atoms with Crippen LogP contribution in [0.4, 0.5) is 0 Å². The molecule has 0 bridgehead atoms. The second-order valence-corrected chi connectivity index (χ2v) is 1.86. The second-order valence-electron chi connectivity index (χ2n) is 1.86. The van der Waals surface area contributed by atoms with Gasteiger partial charge in [-0.25, -0.2) is 9.59 Å². The third-order valence-electron chi connectivity index (χ3n) is 0.697. The van der Waals surface area contributed by atoms with Crippen molar-refractivity contribution in [1.29, 1.82) is 0 Å². The lowest BCUT2D eigenvalue weighted by Gasteiger charge is -1.88. The number of aliphatic carboxylic acids is 1. The van der Waals surface area contributed by atoms with E-state index in [0.717, 1.165) is 6.08 Å². The molecule has 13 heavy (non-hydrogen) atoms. The molecular formula is C8H12O5. The van der Waals surface area contributed by atoms with Crippen molar-refractivity contribution < 1.29 is 24.5 Å². The van der Waals surface area contributed by atoms with Gasteiger partial charge < -0.3 is 5.11 Å². The van der Waals surface area contributed by atoms with E-state index in [1.165, 1.54) is 14.0 Å². The summed E-state index contributed by atoms with van der Waals surface area (Å²) >= 11 is 0. The molecule has 74 valence electrons. The lowest BCUT2D eigenvalue weighted by molar-refractivity contribution is -0.249. The molecule has 0 atom stereocenters. The number of hydrogen-bond donors (Lipinski definition) is 1. The zero-order valence-electron chi connectivity index (χ0n) is 7.57. The fourth-order valence-electron chi connectivity index (χ4n) is 0.116. The normalized spacial score (nSPS) is 7.54. The van der Waals surface area contributed by atoms with Crippen molar-refractivity contribution >= 4 is 11.9 Å². The van der Waals surface area contributed by atoms with Crippen molar-refractivity contribution in [1.82, 2.24) is 0 Å². The van der Waals surface area contributed by atoms with Crippen LogP contribution in [0.15, 0.2) is 24.8 Å². The van der Waals surface area contributed by atoms with Crippen molar-refractivity contribution in [3.63, 3.8) is 0 Å². The van der Waals surface area contributed by atoms with E-state index in [-0.39, 0.29) is 5.57 Å². The summed E-state index contributed by atoms with van der Waals surface area (Å²) in [7, 11) is 1.25. The molecule has 5 heteroatoms. The summed E-state index contributed by atoms with van der Waals surface area (Å²) in [5.41, 5.74) is 0.176. The molecule has 0 saturated heterocycles. The first-order chi connectivity index (χ1) is 5.95. The summed E-state index contributed by atoms with van der Waals surface area (Å²) in [6.07, 6.45) is 1.02. The molecule has 0 aromatic heterocycles. The first-order valence-corrected chi connectivity index (χ1v) is 3.21. The molecule has 1 N–H and O–H groups in total. The fourth-order valence-corrected chi connectivity index (χ4v) is 0.116. The van der Waals surface area contributed by atoms with Gasteiger partial charge in [0.25, 0.3) is 0 Å². The Morgan fingerprint density at radius 1 is 1.46 bits per heavy atom. The molecule has 0 saturated carbocycles. The van der Waals surface area contributed by atoms with Crippen LogP contribution in [0.1, 0.15) is 6.92 Å². The largest absolute Gasteiger partial charge is 0.478 e. The molecule has 0 aliphatic rings. The lowest BCUT2D eigenvalue weighted by Crippen LogP contribution is -1.96. The van der Waals surface area contributed by atoms with E-state index >= 15 is 0 Å². The minimum absolute atomic E-state index is 0.176. The standard InChI is InChI=1S/C4H6O3.C4H6O2/c1-3-4(5)7-6-2;1-3(2)4(5)6/h3H,1H2,2H3;1H2,2H3,(H,5,6). The van der Waals surface area contributed by atoms with Gasteiger partial charge in [0.05, 0.1) is 7.11 Å². The van der Waals surface area contributed by atoms with E-state index in [4.69, 9.17) is 5.11 Å². The Morgan fingerprint density at radius 2 is 1.85 bits per heavy atom. The molecule has 0 aliphatic carbocycles. The van der Waals surface area contributed by atoms with Gasteiger partial charge in [-0.15, -0.1) is 0 Å². The molecular weight excluding hydrogens is 176 g/mol. The van der Waals surface area contributed by atoms with Crippen LogP contribution < -0.4 is 0 Å². The highest BCUT2D eigenvalue weighted by Crippen LogP contribution is 1.81. The van der Waals surface area contributed by atoms with Gasteiger partial charge in [-0.3, -0.25) is 4.89 Å². The summed E-state index contributed by atoms with van der Waals surface area (Å²) in [6.45, 7) is 7.73. The van der Waals surface area contributed by atoms with Gasteiger partial charge in [-0.2, -0.15) is 4.89 Å². The van der Waals surface area contributed by atoms with Gasteiger partial charge in [0.1, 0.15) is 0 Å². The highest BCUT2D eigenvalue weighted by atomic mass is 17.2. The van der Waals surface area contributed by atoms with Crippen molar-refractivity contribution in [2.75, 3.05) is 7.11 Å². The van der Waals surface area contributed by atoms with Crippen molar-refractivity contribution in [3.05, 3.63) is 24.8 Å². The lowest BCUT2D eigenvalue weighted by atomic mass is 10.4. The van der Waals surface area contributed by atoms with E-state index in [9.17, 15) is 9.59 Å². The summed E-state index contributed by atoms with van der Waals surface area (Å²) in [5.74, 6) is -1.52. The molecule has 0 unspecified atom stereocenters. The summed E-state index contributed by atoms with van der Waals surface area (Å²) in [5, 5.41) is 7.89. The molecule has 5 nitrogen and oxygen atoms in total. The van der Waals surface area contributed by atoms with E-state index in [2.05, 4.69) is 22.9 Å². The molecule has 0 spiro atoms. The Labute approximate surface area is 76.2 Å². The average Bonchev–Trinajstić information content (AvgIpc) is 2.05. The highest BCUT2D eigenvalue weighted by molar-refractivity contribution is 5.84. The predicted octanol–water partition coefficient (Wildman–Crippen LogP) is 0.924. The van der Waals surface area contributed by atoms with Crippen LogP contribution in [0, 0.1) is 0 Å². The maximum Gasteiger partial charge on any atom is 0.365 e. The zero-order valence-corrected chi connectivity index (χ0v) is 7.57. The van der Waals surface area contributed by atoms with E-state index in [0.29, 0.717) is 0 Å². The van der Waals surface area contributed by atoms with E-state index in [1.807, 2.05) is 0 Å². The first kappa shape index (κ1) is 13.9. The minimum atomic E-state index is -0.935. The number of hydrogen-bond acceptors (Lipinski definition) is 4. The maximum atomic E-state index is 9.95. The molecule has 0 rings (SSSR count). The van der Waals surface area contributed by atoms with Gasteiger partial charge in [0.15, 0.2) is 0 Å². The van der Waals surface area contributed by atoms with Crippen molar-refractivity contribution in [2.24, 2.45) is 0 Å². The monoisotopic (exact) mass is 188 g/mol. The summed E-state index contributed by atoms with van der Waals surface area (Å²) in [6, 6.07) is 0. The van der Waals surface area contributed by atoms with Gasteiger partial charge in [0, 0.05) is 11.6 Å². The van der Waals surface area contributed by atoms with Gasteiger partial charge in [-0.1, -0.05) is 13.2 Å². The third kappa shape index (κ3) is 13.4. The number of carbonyl (C=O) groups excluding carboxylic acids is 1.